The SMILES string of the molecule is CCCC/C=C\C/C=C\CCCCCCCC(=O)OCCCCCCCCCCC/C=C\C/C=C\CCCCCCCCCCCC(=O)NC(COC1OC(CO)C(O)C(O)C1O)C(O)/C=C/CC/C=C/CCCCCCCCC. The van der Waals surface area contributed by atoms with Crippen LogP contribution in [0.15, 0.2) is 72.9 Å². The van der Waals surface area contributed by atoms with Crippen molar-refractivity contribution in [2.45, 2.75) is 333 Å². The number of unbranched alkanes of at least 4 members (excludes halogenated alkanes) is 33. The van der Waals surface area contributed by atoms with E-state index in [0.717, 1.165) is 96.3 Å². The van der Waals surface area contributed by atoms with E-state index < -0.39 is 49.5 Å². The van der Waals surface area contributed by atoms with Crippen molar-refractivity contribution >= 4 is 11.9 Å². The summed E-state index contributed by atoms with van der Waals surface area (Å²) in [5.41, 5.74) is 0. The Morgan fingerprint density at radius 1 is 0.463 bits per heavy atom. The molecule has 0 bridgehead atoms. The zero-order chi connectivity index (χ0) is 58.0. The molecule has 0 aromatic rings. The second kappa shape index (κ2) is 57.9. The number of amides is 1. The number of ether oxygens (including phenoxy) is 3. The van der Waals surface area contributed by atoms with Gasteiger partial charge in [-0.3, -0.25) is 9.59 Å². The van der Waals surface area contributed by atoms with Gasteiger partial charge in [-0.05, 0) is 103 Å². The number of aliphatic hydroxyl groups excluding tert-OH is 5. The molecular weight excluding hydrogens is 1000 g/mol. The Kier molecular flexibility index (Phi) is 54.4. The lowest BCUT2D eigenvalue weighted by molar-refractivity contribution is -0.302. The van der Waals surface area contributed by atoms with E-state index >= 15 is 0 Å². The van der Waals surface area contributed by atoms with Crippen LogP contribution in [0, 0.1) is 0 Å². The highest BCUT2D eigenvalue weighted by atomic mass is 16.7. The lowest BCUT2D eigenvalue weighted by atomic mass is 9.99. The van der Waals surface area contributed by atoms with Gasteiger partial charge < -0.3 is 45.1 Å². The summed E-state index contributed by atoms with van der Waals surface area (Å²) in [5, 5.41) is 54.4. The molecule has 7 atom stereocenters. The maximum Gasteiger partial charge on any atom is 0.305 e. The number of carbonyl (C=O) groups is 2. The molecule has 1 aliphatic heterocycles. The zero-order valence-electron chi connectivity index (χ0n) is 51.3. The molecule has 1 aliphatic rings. The van der Waals surface area contributed by atoms with E-state index in [2.05, 4.69) is 79.9 Å². The quantitative estimate of drug-likeness (QED) is 0.0195. The van der Waals surface area contributed by atoms with Crippen molar-refractivity contribution in [3.8, 4) is 0 Å². The number of esters is 1. The van der Waals surface area contributed by atoms with Crippen LogP contribution in [0.25, 0.3) is 0 Å². The van der Waals surface area contributed by atoms with Crippen molar-refractivity contribution in [3.05, 3.63) is 72.9 Å². The number of rotatable bonds is 57. The summed E-state index contributed by atoms with van der Waals surface area (Å²) < 4.78 is 16.7. The zero-order valence-corrected chi connectivity index (χ0v) is 51.3. The maximum atomic E-state index is 13.0. The molecule has 1 fully saturated rings. The highest BCUT2D eigenvalue weighted by molar-refractivity contribution is 5.76. The van der Waals surface area contributed by atoms with E-state index in [1.807, 2.05) is 6.08 Å². The van der Waals surface area contributed by atoms with Crippen LogP contribution in [0.1, 0.15) is 290 Å². The summed E-state index contributed by atoms with van der Waals surface area (Å²) in [7, 11) is 0. The number of hydrogen-bond acceptors (Lipinski definition) is 10. The Balaban J connectivity index is 2.04. The molecule has 0 radical (unpaired) electrons. The third-order valence-electron chi connectivity index (χ3n) is 15.3. The van der Waals surface area contributed by atoms with Crippen LogP contribution in [0.5, 0.6) is 0 Å². The standard InChI is InChI=1S/C69H123NO10/c1-3-5-7-9-11-13-15-17-33-37-41-45-49-53-57-65(74)78-58-54-50-46-42-38-34-30-28-26-24-22-20-18-19-21-23-25-27-29-32-36-40-44-48-52-56-64(73)70-61(60-79-69-68(77)67(76)66(75)63(59-71)80-69)62(72)55-51-47-43-39-35-31-16-14-12-10-8-6-4-2/h9,11,15,17,19-22,35,39,51,55,61-63,66-69,71-72,75-77H,3-8,10,12-14,16,18,23-34,36-38,40-50,52-54,56-60H2,1-2H3,(H,70,73)/b11-9-,17-15-,21-19-,22-20-,39-35+,55-51+. The molecule has 0 aromatic carbocycles. The molecule has 0 aliphatic carbocycles. The molecule has 1 heterocycles. The topological polar surface area (TPSA) is 175 Å². The fourth-order valence-corrected chi connectivity index (χ4v) is 9.97. The van der Waals surface area contributed by atoms with Gasteiger partial charge in [0.2, 0.25) is 5.91 Å². The van der Waals surface area contributed by atoms with Crippen LogP contribution in [0.4, 0.5) is 0 Å². The van der Waals surface area contributed by atoms with Gasteiger partial charge in [-0.1, -0.05) is 247 Å². The second-order valence-electron chi connectivity index (χ2n) is 22.8. The van der Waals surface area contributed by atoms with Crippen molar-refractivity contribution in [2.75, 3.05) is 19.8 Å². The van der Waals surface area contributed by atoms with E-state index in [-0.39, 0.29) is 18.5 Å². The van der Waals surface area contributed by atoms with Gasteiger partial charge in [0.15, 0.2) is 6.29 Å². The Morgan fingerprint density at radius 2 is 0.863 bits per heavy atom. The van der Waals surface area contributed by atoms with Gasteiger partial charge in [0.25, 0.3) is 0 Å². The fraction of sp³-hybridized carbons (Fsp3) is 0.797. The average Bonchev–Trinajstić information content (AvgIpc) is 3.47. The Morgan fingerprint density at radius 3 is 1.35 bits per heavy atom. The van der Waals surface area contributed by atoms with E-state index in [0.29, 0.717) is 19.4 Å². The molecule has 7 unspecified atom stereocenters. The molecule has 0 aromatic heterocycles. The first-order valence-electron chi connectivity index (χ1n) is 33.2. The average molecular weight is 1130 g/mol. The van der Waals surface area contributed by atoms with Crippen molar-refractivity contribution in [2.24, 2.45) is 0 Å². The Labute approximate surface area is 490 Å². The third kappa shape index (κ3) is 46.6. The lowest BCUT2D eigenvalue weighted by Crippen LogP contribution is -2.60. The first kappa shape index (κ1) is 75.1. The Bertz CT molecular complexity index is 1560. The van der Waals surface area contributed by atoms with Crippen LogP contribution in [-0.4, -0.2) is 100 Å². The van der Waals surface area contributed by atoms with Gasteiger partial charge in [-0.15, -0.1) is 0 Å². The molecule has 80 heavy (non-hydrogen) atoms. The molecule has 1 rings (SSSR count). The summed E-state index contributed by atoms with van der Waals surface area (Å²) >= 11 is 0. The van der Waals surface area contributed by atoms with Crippen LogP contribution < -0.4 is 5.32 Å². The van der Waals surface area contributed by atoms with Gasteiger partial charge >= 0.3 is 5.97 Å². The molecule has 0 saturated carbocycles. The summed E-state index contributed by atoms with van der Waals surface area (Å²) in [6.07, 6.45) is 67.2. The number of hydrogen-bond donors (Lipinski definition) is 6. The van der Waals surface area contributed by atoms with E-state index in [9.17, 15) is 35.1 Å². The van der Waals surface area contributed by atoms with Gasteiger partial charge in [0.1, 0.15) is 24.4 Å². The molecule has 11 heteroatoms. The van der Waals surface area contributed by atoms with Crippen molar-refractivity contribution in [1.82, 2.24) is 5.32 Å². The van der Waals surface area contributed by atoms with Crippen LogP contribution >= 0.6 is 0 Å². The summed E-state index contributed by atoms with van der Waals surface area (Å²) in [5.74, 6) is -0.216. The molecule has 11 nitrogen and oxygen atoms in total. The largest absolute Gasteiger partial charge is 0.466 e. The molecular formula is C69H123NO10. The molecule has 464 valence electrons. The van der Waals surface area contributed by atoms with E-state index in [1.165, 1.54) is 167 Å². The smallest absolute Gasteiger partial charge is 0.305 e. The van der Waals surface area contributed by atoms with Crippen LogP contribution in [-0.2, 0) is 23.8 Å². The van der Waals surface area contributed by atoms with Crippen molar-refractivity contribution < 1.29 is 49.3 Å². The fourth-order valence-electron chi connectivity index (χ4n) is 9.97. The van der Waals surface area contributed by atoms with Gasteiger partial charge in [0.05, 0.1) is 32.0 Å². The van der Waals surface area contributed by atoms with Crippen molar-refractivity contribution in [1.29, 1.82) is 0 Å². The highest BCUT2D eigenvalue weighted by Crippen LogP contribution is 2.23. The first-order valence-corrected chi connectivity index (χ1v) is 33.2. The minimum atomic E-state index is -1.58. The van der Waals surface area contributed by atoms with Gasteiger partial charge in [-0.25, -0.2) is 0 Å². The predicted molar refractivity (Wildman–Crippen MR) is 333 cm³/mol. The second-order valence-corrected chi connectivity index (χ2v) is 22.8. The summed E-state index contributed by atoms with van der Waals surface area (Å²) in [4.78, 5) is 25.1. The molecule has 6 N–H and O–H groups in total. The third-order valence-corrected chi connectivity index (χ3v) is 15.3. The number of carbonyl (C=O) groups excluding carboxylic acids is 2. The molecule has 0 spiro atoms. The Hall–Kier alpha value is -2.90. The monoisotopic (exact) mass is 1130 g/mol. The molecule has 1 saturated heterocycles. The maximum absolute atomic E-state index is 13.0. The summed E-state index contributed by atoms with van der Waals surface area (Å²) in [6, 6.07) is -0.834. The van der Waals surface area contributed by atoms with E-state index in [4.69, 9.17) is 14.2 Å². The van der Waals surface area contributed by atoms with Crippen molar-refractivity contribution in [3.63, 3.8) is 0 Å². The highest BCUT2D eigenvalue weighted by Gasteiger charge is 2.44. The minimum absolute atomic E-state index is 0.0173. The van der Waals surface area contributed by atoms with Gasteiger partial charge in [0, 0.05) is 12.8 Å². The normalized spacial score (nSPS) is 18.8. The van der Waals surface area contributed by atoms with E-state index in [1.54, 1.807) is 6.08 Å². The predicted octanol–water partition coefficient (Wildman–Crippen LogP) is 16.3. The van der Waals surface area contributed by atoms with Gasteiger partial charge in [-0.2, -0.15) is 0 Å². The minimum Gasteiger partial charge on any atom is -0.466 e. The number of aliphatic hydroxyl groups is 5. The van der Waals surface area contributed by atoms with Crippen LogP contribution in [0.2, 0.25) is 0 Å². The lowest BCUT2D eigenvalue weighted by Gasteiger charge is -2.40. The number of nitrogens with one attached hydrogen (secondary N) is 1. The summed E-state index contributed by atoms with van der Waals surface area (Å²) in [6.45, 7) is 4.27. The first-order chi connectivity index (χ1) is 39.2. The van der Waals surface area contributed by atoms with Crippen LogP contribution in [0.3, 0.4) is 0 Å². The molecule has 1 amide bonds. The number of allylic oxidation sites excluding steroid dienone is 11.